The lowest BCUT2D eigenvalue weighted by Crippen LogP contribution is -2.59. The van der Waals surface area contributed by atoms with E-state index in [1.807, 2.05) is 6.92 Å². The lowest BCUT2D eigenvalue weighted by atomic mass is 10.0. The molecule has 98 valence electrons. The molecule has 5 nitrogen and oxygen atoms in total. The molecule has 0 radical (unpaired) electrons. The zero-order valence-electron chi connectivity index (χ0n) is 10.4. The Morgan fingerprint density at radius 3 is 2.82 bits per heavy atom. The molecule has 2 rings (SSSR count). The van der Waals surface area contributed by atoms with Gasteiger partial charge in [-0.15, -0.1) is 0 Å². The summed E-state index contributed by atoms with van der Waals surface area (Å²) in [6, 6.07) is 0. The summed E-state index contributed by atoms with van der Waals surface area (Å²) in [6.45, 7) is 4.29. The van der Waals surface area contributed by atoms with Crippen LogP contribution in [0, 0.1) is 5.92 Å². The zero-order valence-corrected chi connectivity index (χ0v) is 10.4. The minimum absolute atomic E-state index is 0.0859. The normalized spacial score (nSPS) is 30.9. The van der Waals surface area contributed by atoms with E-state index in [0.717, 1.165) is 32.4 Å². The number of carbonyl (C=O) groups is 1. The topological polar surface area (TPSA) is 70.6 Å². The van der Waals surface area contributed by atoms with Gasteiger partial charge in [-0.25, -0.2) is 0 Å². The van der Waals surface area contributed by atoms with Crippen LogP contribution in [0.5, 0.6) is 0 Å². The fourth-order valence-electron chi connectivity index (χ4n) is 2.37. The maximum Gasteiger partial charge on any atom is 0.246 e. The van der Waals surface area contributed by atoms with Crippen molar-refractivity contribution >= 4 is 5.91 Å². The average Bonchev–Trinajstić information content (AvgIpc) is 2.67. The molecule has 5 heteroatoms. The molecule has 1 saturated carbocycles. The van der Waals surface area contributed by atoms with Crippen molar-refractivity contribution in [2.45, 2.75) is 37.9 Å². The molecular weight excluding hydrogens is 220 g/mol. The first-order chi connectivity index (χ1) is 8.09. The maximum atomic E-state index is 11.6. The Hall–Kier alpha value is -0.650. The van der Waals surface area contributed by atoms with E-state index in [-0.39, 0.29) is 30.1 Å². The molecule has 2 fully saturated rings. The lowest BCUT2D eigenvalue weighted by Gasteiger charge is -2.38. The Morgan fingerprint density at radius 2 is 2.29 bits per heavy atom. The molecule has 1 saturated heterocycles. The molecule has 0 aromatic heterocycles. The second-order valence-corrected chi connectivity index (χ2v) is 5.40. The van der Waals surface area contributed by atoms with E-state index in [9.17, 15) is 9.90 Å². The van der Waals surface area contributed by atoms with Gasteiger partial charge < -0.3 is 20.5 Å². The number of amides is 1. The van der Waals surface area contributed by atoms with Crippen LogP contribution in [-0.2, 0) is 9.53 Å². The average molecular weight is 242 g/mol. The zero-order chi connectivity index (χ0) is 12.3. The van der Waals surface area contributed by atoms with Gasteiger partial charge in [0.25, 0.3) is 0 Å². The van der Waals surface area contributed by atoms with E-state index in [0.29, 0.717) is 6.54 Å². The molecule has 2 aliphatic rings. The van der Waals surface area contributed by atoms with Gasteiger partial charge in [0.1, 0.15) is 6.61 Å². The molecule has 1 aliphatic carbocycles. The van der Waals surface area contributed by atoms with Crippen LogP contribution < -0.4 is 10.6 Å². The van der Waals surface area contributed by atoms with Crippen molar-refractivity contribution in [2.24, 2.45) is 5.92 Å². The molecule has 2 unspecified atom stereocenters. The molecule has 0 aromatic rings. The summed E-state index contributed by atoms with van der Waals surface area (Å²) in [7, 11) is 0. The summed E-state index contributed by atoms with van der Waals surface area (Å²) in [6.07, 6.45) is 2.68. The van der Waals surface area contributed by atoms with Crippen LogP contribution in [0.3, 0.4) is 0 Å². The van der Waals surface area contributed by atoms with Crippen molar-refractivity contribution in [1.82, 2.24) is 10.6 Å². The lowest BCUT2D eigenvalue weighted by molar-refractivity contribution is -0.136. The fourth-order valence-corrected chi connectivity index (χ4v) is 2.37. The van der Waals surface area contributed by atoms with E-state index < -0.39 is 0 Å². The second-order valence-electron chi connectivity index (χ2n) is 5.40. The van der Waals surface area contributed by atoms with Crippen molar-refractivity contribution in [2.75, 3.05) is 26.2 Å². The van der Waals surface area contributed by atoms with Crippen molar-refractivity contribution in [3.05, 3.63) is 0 Å². The molecule has 17 heavy (non-hydrogen) atoms. The van der Waals surface area contributed by atoms with E-state index in [1.54, 1.807) is 0 Å². The van der Waals surface area contributed by atoms with Crippen molar-refractivity contribution in [3.63, 3.8) is 0 Å². The molecule has 1 aliphatic heterocycles. The van der Waals surface area contributed by atoms with Crippen LogP contribution in [0.25, 0.3) is 0 Å². The van der Waals surface area contributed by atoms with Gasteiger partial charge in [-0.05, 0) is 19.8 Å². The Kier molecular flexibility index (Phi) is 4.01. The Bertz CT molecular complexity index is 279. The third kappa shape index (κ3) is 3.40. The van der Waals surface area contributed by atoms with E-state index >= 15 is 0 Å². The number of ether oxygens (including phenoxy) is 1. The van der Waals surface area contributed by atoms with Crippen LogP contribution in [0.1, 0.15) is 26.2 Å². The van der Waals surface area contributed by atoms with Crippen molar-refractivity contribution in [3.8, 4) is 0 Å². The monoisotopic (exact) mass is 242 g/mol. The predicted octanol–water partition coefficient (Wildman–Crippen LogP) is -0.358. The summed E-state index contributed by atoms with van der Waals surface area (Å²) in [5.74, 6) is 0.136. The highest BCUT2D eigenvalue weighted by Crippen LogP contribution is 2.24. The van der Waals surface area contributed by atoms with Gasteiger partial charge in [0.15, 0.2) is 0 Å². The number of rotatable bonds is 5. The summed E-state index contributed by atoms with van der Waals surface area (Å²) in [5, 5.41) is 15.6. The van der Waals surface area contributed by atoms with Gasteiger partial charge in [0.2, 0.25) is 5.91 Å². The van der Waals surface area contributed by atoms with Crippen molar-refractivity contribution in [1.29, 1.82) is 0 Å². The van der Waals surface area contributed by atoms with Crippen LogP contribution in [0.15, 0.2) is 0 Å². The third-order valence-corrected chi connectivity index (χ3v) is 3.73. The Labute approximate surface area is 102 Å². The van der Waals surface area contributed by atoms with Crippen LogP contribution in [0.4, 0.5) is 0 Å². The summed E-state index contributed by atoms with van der Waals surface area (Å²) in [4.78, 5) is 11.6. The van der Waals surface area contributed by atoms with E-state index in [2.05, 4.69) is 10.6 Å². The number of hydrogen-bond acceptors (Lipinski definition) is 4. The summed E-state index contributed by atoms with van der Waals surface area (Å²) >= 11 is 0. The SMILES string of the molecule is CC1(OCC(=O)NCC2CCCC2O)CNC1. The Morgan fingerprint density at radius 1 is 1.53 bits per heavy atom. The van der Waals surface area contributed by atoms with Crippen LogP contribution in [-0.4, -0.2) is 49.0 Å². The molecule has 0 spiro atoms. The van der Waals surface area contributed by atoms with E-state index in [4.69, 9.17) is 4.74 Å². The van der Waals surface area contributed by atoms with Crippen LogP contribution in [0.2, 0.25) is 0 Å². The van der Waals surface area contributed by atoms with Gasteiger partial charge in [-0.1, -0.05) is 6.42 Å². The quantitative estimate of drug-likeness (QED) is 0.616. The standard InChI is InChI=1S/C12H22N2O3/c1-12(7-13-8-12)17-6-11(16)14-5-9-3-2-4-10(9)15/h9-10,13,15H,2-8H2,1H3,(H,14,16). The molecule has 1 heterocycles. The highest BCUT2D eigenvalue weighted by molar-refractivity contribution is 5.77. The summed E-state index contributed by atoms with van der Waals surface area (Å²) in [5.41, 5.74) is -0.176. The molecule has 2 atom stereocenters. The van der Waals surface area contributed by atoms with Gasteiger partial charge in [0, 0.05) is 25.6 Å². The highest BCUT2D eigenvalue weighted by atomic mass is 16.5. The largest absolute Gasteiger partial charge is 0.393 e. The first-order valence-electron chi connectivity index (χ1n) is 6.38. The first-order valence-corrected chi connectivity index (χ1v) is 6.38. The van der Waals surface area contributed by atoms with Gasteiger partial charge in [0.05, 0.1) is 11.7 Å². The number of nitrogens with one attached hydrogen (secondary N) is 2. The minimum Gasteiger partial charge on any atom is -0.393 e. The number of hydrogen-bond donors (Lipinski definition) is 3. The minimum atomic E-state index is -0.246. The number of aliphatic hydroxyl groups is 1. The predicted molar refractivity (Wildman–Crippen MR) is 63.6 cm³/mol. The molecule has 1 amide bonds. The maximum absolute atomic E-state index is 11.6. The molecule has 3 N–H and O–H groups in total. The second kappa shape index (κ2) is 5.33. The highest BCUT2D eigenvalue weighted by Gasteiger charge is 2.33. The Balaban J connectivity index is 1.60. The van der Waals surface area contributed by atoms with Gasteiger partial charge in [-0.3, -0.25) is 4.79 Å². The molecular formula is C12H22N2O3. The first kappa shape index (κ1) is 12.8. The third-order valence-electron chi connectivity index (χ3n) is 3.73. The van der Waals surface area contributed by atoms with Crippen LogP contribution >= 0.6 is 0 Å². The smallest absolute Gasteiger partial charge is 0.246 e. The van der Waals surface area contributed by atoms with E-state index in [1.165, 1.54) is 0 Å². The fraction of sp³-hybridized carbons (Fsp3) is 0.917. The summed E-state index contributed by atoms with van der Waals surface area (Å²) < 4.78 is 5.53. The van der Waals surface area contributed by atoms with Gasteiger partial charge >= 0.3 is 0 Å². The number of aliphatic hydroxyl groups excluding tert-OH is 1. The van der Waals surface area contributed by atoms with Crippen molar-refractivity contribution < 1.29 is 14.6 Å². The molecule has 0 bridgehead atoms. The van der Waals surface area contributed by atoms with Gasteiger partial charge in [-0.2, -0.15) is 0 Å². The molecule has 0 aromatic carbocycles. The number of carbonyl (C=O) groups excluding carboxylic acids is 1.